The predicted molar refractivity (Wildman–Crippen MR) is 518 cm³/mol. The van der Waals surface area contributed by atoms with Crippen molar-refractivity contribution in [1.82, 2.24) is 68.1 Å². The number of allylic oxidation sites excluding steroid dienone is 1. The number of carbonyl (C=O) groups is 3. The van der Waals surface area contributed by atoms with Crippen molar-refractivity contribution in [3.63, 3.8) is 0 Å². The molecule has 137 heavy (non-hydrogen) atoms. The molecule has 11 aromatic heterocycles. The molecular formula is C93H74Br2Cl7F12N17O5Si. The van der Waals surface area contributed by atoms with Crippen LogP contribution in [-0.2, 0) is 35.6 Å². The van der Waals surface area contributed by atoms with Crippen LogP contribution in [0.1, 0.15) is 99.1 Å². The minimum atomic E-state index is -4.52. The van der Waals surface area contributed by atoms with E-state index in [0.29, 0.717) is 50.5 Å². The molecule has 5 aromatic carbocycles. The maximum absolute atomic E-state index is 13.7. The van der Waals surface area contributed by atoms with Crippen LogP contribution in [-0.4, -0.2) is 131 Å². The molecule has 0 bridgehead atoms. The molecular weight excluding hydrogens is 2100 g/mol. The highest BCUT2D eigenvalue weighted by atomic mass is 79.9. The van der Waals surface area contributed by atoms with Crippen LogP contribution in [0.4, 0.5) is 69.7 Å². The highest BCUT2D eigenvalue weighted by molar-refractivity contribution is 9.10. The first-order valence-electron chi connectivity index (χ1n) is 40.7. The molecule has 16 aromatic rings. The van der Waals surface area contributed by atoms with Crippen molar-refractivity contribution >= 4 is 205 Å². The molecule has 1 aliphatic carbocycles. The molecule has 2 amide bonds. The second-order valence-corrected chi connectivity index (χ2v) is 40.3. The highest BCUT2D eigenvalue weighted by Gasteiger charge is 2.39. The maximum Gasteiger partial charge on any atom is 0.433 e. The second kappa shape index (κ2) is 44.6. The number of aromatic nitrogens is 14. The van der Waals surface area contributed by atoms with E-state index in [2.05, 4.69) is 158 Å². The Bertz CT molecular complexity index is 6990. The van der Waals surface area contributed by atoms with E-state index in [0.717, 1.165) is 104 Å². The fourth-order valence-corrected chi connectivity index (χ4v) is 16.9. The van der Waals surface area contributed by atoms with Crippen LogP contribution in [0.2, 0.25) is 49.1 Å². The Hall–Kier alpha value is -11.5. The molecule has 2 N–H and O–H groups in total. The maximum atomic E-state index is 13.7. The van der Waals surface area contributed by atoms with Crippen molar-refractivity contribution in [2.45, 2.75) is 83.4 Å². The second-order valence-electron chi connectivity index (χ2n) is 31.2. The number of benzene rings is 5. The van der Waals surface area contributed by atoms with Crippen LogP contribution in [0.3, 0.4) is 0 Å². The van der Waals surface area contributed by atoms with Gasteiger partial charge in [-0.25, -0.2) is 49.8 Å². The average molecular weight is 2170 g/mol. The van der Waals surface area contributed by atoms with Gasteiger partial charge >= 0.3 is 24.7 Å². The van der Waals surface area contributed by atoms with Gasteiger partial charge in [0.05, 0.1) is 82.8 Å². The predicted octanol–water partition coefficient (Wildman–Crippen LogP) is 27.4. The Morgan fingerprint density at radius 3 is 1.13 bits per heavy atom. The zero-order valence-corrected chi connectivity index (χ0v) is 81.7. The molecule has 1 aliphatic rings. The summed E-state index contributed by atoms with van der Waals surface area (Å²) in [7, 11) is -2.10. The number of fused-ring (bicyclic) bond motifs is 5. The standard InChI is InChI=1S/C27H28Cl2F3N5O2Si.C21H14Cl2F3N5O2.C17H16F3N3.C14H8BrF3N2.C9H7Br.C5HCl3N2O/c1-26(2,3)40(4,5)39-13-12-37(25(38)22-23(28)34-16-35-24(22)29)18-6-8-20-17(14-18)10-11-36(20)19-7-9-21(33-15-19)27(30,31)32;22-18-17(19(23)29-11-28-18)20(33)31(7-8-32)13-1-3-15-12(9-13)5-6-30(15)14-2-4-16(27-10-14)21(24,25)26;1-2-8-21-13-3-5-15-12(10-13)7-9-23(15)14-4-6-16(22-11-14)17(18,19)20;15-10-1-3-12-9(7-10)5-6-20(12)11-2-4-13(19-8-11)14(16,17)18;10-9-5-4-7-2-1-3-8(7)6-9;6-3-2(5(8)11)4(7)10-1-9-3/h6-11,14-16H,12-13H2,1-5H3;1-6,9-11,32H,7-8H2;3-7,9-11,21H,2,8H2,1H3;1-8H;1,3-6H,2H2;1H. The van der Waals surface area contributed by atoms with Crippen LogP contribution < -0.4 is 15.1 Å². The van der Waals surface area contributed by atoms with Crippen molar-refractivity contribution in [3.8, 4) is 22.7 Å². The van der Waals surface area contributed by atoms with Crippen LogP contribution in [0.5, 0.6) is 0 Å². The van der Waals surface area contributed by atoms with Gasteiger partial charge in [0.2, 0.25) is 0 Å². The molecule has 0 fully saturated rings. The van der Waals surface area contributed by atoms with E-state index in [1.165, 1.54) is 70.1 Å². The van der Waals surface area contributed by atoms with Gasteiger partial charge in [-0.15, -0.1) is 0 Å². The monoisotopic (exact) mass is 2170 g/mol. The number of hydrogen-bond acceptors (Lipinski definition) is 16. The van der Waals surface area contributed by atoms with Gasteiger partial charge in [-0.3, -0.25) is 14.4 Å². The lowest BCUT2D eigenvalue weighted by molar-refractivity contribution is -0.141. The van der Waals surface area contributed by atoms with Gasteiger partial charge in [0.1, 0.15) is 89.4 Å². The molecule has 712 valence electrons. The summed E-state index contributed by atoms with van der Waals surface area (Å²) in [6, 6.07) is 45.2. The van der Waals surface area contributed by atoms with Crippen molar-refractivity contribution in [2.75, 3.05) is 48.0 Å². The van der Waals surface area contributed by atoms with Gasteiger partial charge in [-0.05, 0) is 211 Å². The summed E-state index contributed by atoms with van der Waals surface area (Å²) in [5.41, 5.74) is 6.25. The SMILES string of the molecule is Brc1ccc2c(c1)C=CC2.CC(C)(C)[Si](C)(C)OCCN(C(=O)c1c(Cl)ncnc1Cl)c1ccc2c(ccn2-c2ccc(C(F)(F)F)nc2)c1.CCCNc1ccc2c(ccn2-c2ccc(C(F)(F)F)nc2)c1.FC(F)(F)c1ccc(-n2ccc3cc(Br)ccc32)cn1.O=C(Cl)c1c(Cl)ncnc1Cl.O=C(c1c(Cl)ncnc1Cl)N(CCO)c1ccc2c(ccn2-c2ccc(C(F)(F)F)nc2)c1. The largest absolute Gasteiger partial charge is 0.433 e. The molecule has 0 unspecified atom stereocenters. The van der Waals surface area contributed by atoms with Crippen LogP contribution >= 0.6 is 113 Å². The van der Waals surface area contributed by atoms with Gasteiger partial charge in [0, 0.05) is 92.0 Å². The normalized spacial score (nSPS) is 12.0. The fraction of sp³-hybridized carbons (Fsp3) is 0.194. The number of halogens is 21. The van der Waals surface area contributed by atoms with E-state index in [-0.39, 0.29) is 79.0 Å². The fourth-order valence-electron chi connectivity index (χ4n) is 13.4. The van der Waals surface area contributed by atoms with E-state index in [4.69, 9.17) is 85.6 Å². The third kappa shape index (κ3) is 25.9. The molecule has 0 saturated heterocycles. The summed E-state index contributed by atoms with van der Waals surface area (Å²) in [6.45, 7) is 13.8. The van der Waals surface area contributed by atoms with Crippen molar-refractivity contribution < 1.29 is 76.6 Å². The van der Waals surface area contributed by atoms with Gasteiger partial charge in [0.15, 0.2) is 8.32 Å². The summed E-state index contributed by atoms with van der Waals surface area (Å²) in [6.07, 6.45) is 3.89. The Morgan fingerprint density at radius 1 is 0.445 bits per heavy atom. The van der Waals surface area contributed by atoms with E-state index in [1.54, 1.807) is 80.8 Å². The zero-order chi connectivity index (χ0) is 99.4. The Kier molecular flexibility index (Phi) is 34.0. The number of rotatable bonds is 18. The first-order chi connectivity index (χ1) is 64.7. The minimum absolute atomic E-state index is 0.0172. The van der Waals surface area contributed by atoms with Gasteiger partial charge in [0.25, 0.3) is 17.1 Å². The summed E-state index contributed by atoms with van der Waals surface area (Å²) in [5, 5.41) is 15.0. The number of aliphatic hydroxyl groups is 1. The quantitative estimate of drug-likeness (QED) is 0.0351. The number of hydrogen-bond donors (Lipinski definition) is 2. The molecule has 0 atom stereocenters. The first-order valence-corrected chi connectivity index (χ1v) is 47.9. The number of nitrogens with zero attached hydrogens (tertiary/aromatic N) is 16. The zero-order valence-electron chi connectivity index (χ0n) is 72.2. The van der Waals surface area contributed by atoms with Gasteiger partial charge < -0.3 is 42.9 Å². The van der Waals surface area contributed by atoms with Crippen LogP contribution in [0.15, 0.2) is 247 Å². The molecule has 17 rings (SSSR count). The summed E-state index contributed by atoms with van der Waals surface area (Å²) < 4.78 is 168. The Labute approximate surface area is 826 Å². The number of aliphatic hydroxyl groups excluding tert-OH is 1. The molecule has 11 heterocycles. The van der Waals surface area contributed by atoms with Crippen LogP contribution in [0, 0.1) is 0 Å². The molecule has 0 aliphatic heterocycles. The smallest absolute Gasteiger partial charge is 0.415 e. The number of anilines is 3. The van der Waals surface area contributed by atoms with Crippen molar-refractivity contribution in [2.24, 2.45) is 0 Å². The molecule has 44 heteroatoms. The summed E-state index contributed by atoms with van der Waals surface area (Å²) >= 11 is 47.5. The van der Waals surface area contributed by atoms with Crippen LogP contribution in [0.25, 0.3) is 72.4 Å². The molecule has 0 radical (unpaired) electrons. The van der Waals surface area contributed by atoms with Crippen molar-refractivity contribution in [3.05, 3.63) is 329 Å². The molecule has 0 saturated carbocycles. The number of alkyl halides is 12. The number of nitrogens with one attached hydrogen (secondary N) is 1. The van der Waals surface area contributed by atoms with E-state index in [1.807, 2.05) is 59.3 Å². The van der Waals surface area contributed by atoms with E-state index < -0.39 is 72.9 Å². The highest BCUT2D eigenvalue weighted by Crippen LogP contribution is 2.40. The molecule has 22 nitrogen and oxygen atoms in total. The van der Waals surface area contributed by atoms with Gasteiger partial charge in [-0.1, -0.05) is 147 Å². The lowest BCUT2D eigenvalue weighted by Gasteiger charge is -2.37. The topological polar surface area (TPSA) is 248 Å². The minimum Gasteiger partial charge on any atom is -0.415 e. The number of pyridine rings is 4. The lowest BCUT2D eigenvalue weighted by atomic mass is 10.1. The summed E-state index contributed by atoms with van der Waals surface area (Å²) in [5.74, 6) is -1.08. The van der Waals surface area contributed by atoms with E-state index in [9.17, 15) is 72.2 Å². The third-order valence-corrected chi connectivity index (χ3v) is 28.6. The third-order valence-electron chi connectivity index (χ3n) is 21.2. The lowest BCUT2D eigenvalue weighted by Crippen LogP contribution is -2.43. The average Bonchev–Trinajstić information content (AvgIpc) is 1.71. The summed E-state index contributed by atoms with van der Waals surface area (Å²) in [4.78, 5) is 76.7. The Morgan fingerprint density at radius 2 is 0.788 bits per heavy atom. The van der Waals surface area contributed by atoms with E-state index >= 15 is 0 Å². The number of amides is 2. The first kappa shape index (κ1) is 104. The number of carbonyl (C=O) groups excluding carboxylic acids is 3. The Balaban J connectivity index is 0.000000156. The molecule has 0 spiro atoms. The van der Waals surface area contributed by atoms with Gasteiger partial charge in [-0.2, -0.15) is 52.7 Å². The van der Waals surface area contributed by atoms with Crippen molar-refractivity contribution in [1.29, 1.82) is 0 Å².